The van der Waals surface area contributed by atoms with Gasteiger partial charge in [0.25, 0.3) is 0 Å². The van der Waals surface area contributed by atoms with Crippen molar-refractivity contribution in [2.24, 2.45) is 4.99 Å². The summed E-state index contributed by atoms with van der Waals surface area (Å²) < 4.78 is 0. The van der Waals surface area contributed by atoms with E-state index in [9.17, 15) is 4.79 Å². The molecule has 4 heteroatoms. The highest BCUT2D eigenvalue weighted by atomic mass is 16.2. The van der Waals surface area contributed by atoms with Gasteiger partial charge in [0, 0.05) is 32.6 Å². The van der Waals surface area contributed by atoms with Crippen molar-refractivity contribution in [2.45, 2.75) is 58.4 Å². The number of hydrogen-bond donors (Lipinski definition) is 0. The third kappa shape index (κ3) is 3.05. The molecule has 0 radical (unpaired) electrons. The molecule has 1 heterocycles. The predicted octanol–water partition coefficient (Wildman–Crippen LogP) is 2.81. The van der Waals surface area contributed by atoms with Crippen LogP contribution in [0.3, 0.4) is 0 Å². The minimum absolute atomic E-state index is 0.197. The number of rotatable bonds is 3. The number of hydrogen-bond acceptors (Lipinski definition) is 2. The molecule has 0 atom stereocenters. The summed E-state index contributed by atoms with van der Waals surface area (Å²) >= 11 is 0. The van der Waals surface area contributed by atoms with Gasteiger partial charge in [0.15, 0.2) is 0 Å². The normalized spacial score (nSPS) is 25.9. The van der Waals surface area contributed by atoms with Gasteiger partial charge in [-0.25, -0.2) is 0 Å². The molecule has 1 saturated carbocycles. The van der Waals surface area contributed by atoms with E-state index in [4.69, 9.17) is 4.99 Å². The molecule has 0 aromatic heterocycles. The van der Waals surface area contributed by atoms with Crippen molar-refractivity contribution in [3.63, 3.8) is 0 Å². The Balaban J connectivity index is 2.34. The molecule has 0 aromatic rings. The molecule has 0 bridgehead atoms. The average molecular weight is 277 g/mol. The summed E-state index contributed by atoms with van der Waals surface area (Å²) in [4.78, 5) is 21.2. The Morgan fingerprint density at radius 2 is 2.05 bits per heavy atom. The second-order valence-electron chi connectivity index (χ2n) is 5.71. The highest BCUT2D eigenvalue weighted by Crippen LogP contribution is 2.27. The van der Waals surface area contributed by atoms with Crippen LogP contribution in [-0.4, -0.2) is 47.7 Å². The van der Waals surface area contributed by atoms with Crippen molar-refractivity contribution in [1.29, 1.82) is 0 Å². The summed E-state index contributed by atoms with van der Waals surface area (Å²) in [6.45, 7) is 5.79. The number of likely N-dealkylation sites (N-methyl/N-ethyl adjacent to an activating group) is 1. The molecule has 0 spiro atoms. The second-order valence-corrected chi connectivity index (χ2v) is 5.71. The minimum atomic E-state index is 0.197. The Hall–Kier alpha value is -1.32. The van der Waals surface area contributed by atoms with Crippen molar-refractivity contribution in [1.82, 2.24) is 9.80 Å². The summed E-state index contributed by atoms with van der Waals surface area (Å²) in [5.74, 6) is 1.23. The Bertz CT molecular complexity index is 408. The average Bonchev–Trinajstić information content (AvgIpc) is 2.94. The maximum atomic E-state index is 12.2. The predicted molar refractivity (Wildman–Crippen MR) is 82.7 cm³/mol. The first kappa shape index (κ1) is 15.1. The fourth-order valence-corrected chi connectivity index (χ4v) is 3.20. The smallest absolute Gasteiger partial charge is 0.228 e. The molecular weight excluding hydrogens is 250 g/mol. The zero-order chi connectivity index (χ0) is 14.5. The summed E-state index contributed by atoms with van der Waals surface area (Å²) in [7, 11) is 1.87. The van der Waals surface area contributed by atoms with E-state index < -0.39 is 0 Å². The number of aliphatic imine (C=N–C) groups is 1. The van der Waals surface area contributed by atoms with Crippen molar-refractivity contribution in [3.8, 4) is 0 Å². The van der Waals surface area contributed by atoms with E-state index in [0.29, 0.717) is 12.5 Å². The van der Waals surface area contributed by atoms with Crippen molar-refractivity contribution in [2.75, 3.05) is 20.1 Å². The minimum Gasteiger partial charge on any atom is -0.352 e. The largest absolute Gasteiger partial charge is 0.352 e. The number of nitrogens with zero attached hydrogens (tertiary/aromatic N) is 3. The van der Waals surface area contributed by atoms with Gasteiger partial charge in [-0.2, -0.15) is 0 Å². The van der Waals surface area contributed by atoms with E-state index in [-0.39, 0.29) is 5.91 Å². The molecule has 20 heavy (non-hydrogen) atoms. The summed E-state index contributed by atoms with van der Waals surface area (Å²) in [5, 5.41) is 0. The van der Waals surface area contributed by atoms with Crippen molar-refractivity contribution >= 4 is 11.7 Å². The lowest BCUT2D eigenvalue weighted by Crippen LogP contribution is -2.40. The number of allylic oxidation sites excluding steroid dienone is 1. The van der Waals surface area contributed by atoms with Crippen molar-refractivity contribution in [3.05, 3.63) is 11.8 Å². The first-order valence-electron chi connectivity index (χ1n) is 7.93. The topological polar surface area (TPSA) is 35.9 Å². The Morgan fingerprint density at radius 3 is 2.65 bits per heavy atom. The zero-order valence-electron chi connectivity index (χ0n) is 13.1. The SMILES string of the molecule is CC=C1C(=NCCC)N(C2CCCC2)CCC(=O)N1C. The van der Waals surface area contributed by atoms with Gasteiger partial charge in [-0.05, 0) is 26.2 Å². The molecular formula is C16H27N3O. The molecule has 0 aromatic carbocycles. The van der Waals surface area contributed by atoms with Gasteiger partial charge in [0.1, 0.15) is 5.84 Å². The maximum absolute atomic E-state index is 12.2. The first-order valence-corrected chi connectivity index (χ1v) is 7.93. The van der Waals surface area contributed by atoms with Gasteiger partial charge >= 0.3 is 0 Å². The molecule has 1 saturated heterocycles. The number of carbonyl (C=O) groups excluding carboxylic acids is 1. The lowest BCUT2D eigenvalue weighted by atomic mass is 10.2. The summed E-state index contributed by atoms with van der Waals surface area (Å²) in [5.41, 5.74) is 0.979. The number of amidine groups is 1. The van der Waals surface area contributed by atoms with Gasteiger partial charge in [0.05, 0.1) is 5.70 Å². The molecule has 1 aliphatic carbocycles. The van der Waals surface area contributed by atoms with Gasteiger partial charge in [0.2, 0.25) is 5.91 Å². The molecule has 1 amide bonds. The Morgan fingerprint density at radius 1 is 1.35 bits per heavy atom. The first-order chi connectivity index (χ1) is 9.69. The third-order valence-corrected chi connectivity index (χ3v) is 4.33. The zero-order valence-corrected chi connectivity index (χ0v) is 13.1. The number of amides is 1. The van der Waals surface area contributed by atoms with Crippen LogP contribution in [0.1, 0.15) is 52.4 Å². The van der Waals surface area contributed by atoms with Crippen LogP contribution in [0.2, 0.25) is 0 Å². The van der Waals surface area contributed by atoms with E-state index in [1.54, 1.807) is 4.90 Å². The van der Waals surface area contributed by atoms with Gasteiger partial charge in [-0.3, -0.25) is 9.79 Å². The lowest BCUT2D eigenvalue weighted by Gasteiger charge is -2.31. The maximum Gasteiger partial charge on any atom is 0.228 e. The molecule has 4 nitrogen and oxygen atoms in total. The molecule has 1 aliphatic heterocycles. The van der Waals surface area contributed by atoms with Crippen LogP contribution in [0.15, 0.2) is 16.8 Å². The molecule has 2 rings (SSSR count). The monoisotopic (exact) mass is 277 g/mol. The number of carbonyl (C=O) groups is 1. The molecule has 2 fully saturated rings. The van der Waals surface area contributed by atoms with E-state index in [1.165, 1.54) is 25.7 Å². The van der Waals surface area contributed by atoms with E-state index >= 15 is 0 Å². The van der Waals surface area contributed by atoms with E-state index in [2.05, 4.69) is 11.8 Å². The highest BCUT2D eigenvalue weighted by Gasteiger charge is 2.32. The van der Waals surface area contributed by atoms with Gasteiger partial charge in [-0.15, -0.1) is 0 Å². The standard InChI is InChI=1S/C16H27N3O/c1-4-11-17-16-14(5-2)18(3)15(20)10-12-19(16)13-8-6-7-9-13/h5,13H,4,6-12H2,1-3H3. The summed E-state index contributed by atoms with van der Waals surface area (Å²) in [6, 6.07) is 0.569. The second kappa shape index (κ2) is 6.91. The van der Waals surface area contributed by atoms with Crippen LogP contribution in [0, 0.1) is 0 Å². The quantitative estimate of drug-likeness (QED) is 0.795. The van der Waals surface area contributed by atoms with Gasteiger partial charge < -0.3 is 9.80 Å². The fourth-order valence-electron chi connectivity index (χ4n) is 3.20. The fraction of sp³-hybridized carbons (Fsp3) is 0.750. The lowest BCUT2D eigenvalue weighted by molar-refractivity contribution is -0.127. The molecule has 2 aliphatic rings. The van der Waals surface area contributed by atoms with Crippen LogP contribution in [-0.2, 0) is 4.79 Å². The van der Waals surface area contributed by atoms with Crippen LogP contribution in [0.5, 0.6) is 0 Å². The third-order valence-electron chi connectivity index (χ3n) is 4.33. The molecule has 0 N–H and O–H groups in total. The Labute approximate surface area is 122 Å². The summed E-state index contributed by atoms with van der Waals surface area (Å²) in [6.07, 6.45) is 8.74. The van der Waals surface area contributed by atoms with Crippen LogP contribution in [0.4, 0.5) is 0 Å². The Kier molecular flexibility index (Phi) is 5.21. The molecule has 0 unspecified atom stereocenters. The van der Waals surface area contributed by atoms with Crippen molar-refractivity contribution < 1.29 is 4.79 Å². The van der Waals surface area contributed by atoms with Crippen LogP contribution >= 0.6 is 0 Å². The van der Waals surface area contributed by atoms with E-state index in [1.807, 2.05) is 20.0 Å². The van der Waals surface area contributed by atoms with Crippen LogP contribution in [0.25, 0.3) is 0 Å². The highest BCUT2D eigenvalue weighted by molar-refractivity contribution is 6.02. The van der Waals surface area contributed by atoms with Gasteiger partial charge in [-0.1, -0.05) is 25.8 Å². The van der Waals surface area contributed by atoms with Crippen LogP contribution < -0.4 is 0 Å². The van der Waals surface area contributed by atoms with E-state index in [0.717, 1.165) is 31.0 Å². The molecule has 112 valence electrons.